The van der Waals surface area contributed by atoms with Crippen LogP contribution in [0.5, 0.6) is 5.75 Å². The summed E-state index contributed by atoms with van der Waals surface area (Å²) < 4.78 is 10.8. The van der Waals surface area contributed by atoms with Gasteiger partial charge in [-0.1, -0.05) is 25.5 Å². The number of nitrogens with zero attached hydrogens (tertiary/aromatic N) is 1. The van der Waals surface area contributed by atoms with Crippen molar-refractivity contribution in [3.05, 3.63) is 29.8 Å². The predicted molar refractivity (Wildman–Crippen MR) is 107 cm³/mol. The molecule has 0 aliphatic carbocycles. The third kappa shape index (κ3) is 7.91. The van der Waals surface area contributed by atoms with Gasteiger partial charge in [-0.3, -0.25) is 4.79 Å². The highest BCUT2D eigenvalue weighted by molar-refractivity contribution is 5.87. The van der Waals surface area contributed by atoms with Gasteiger partial charge in [-0.15, -0.1) is 0 Å². The molecule has 1 saturated heterocycles. The first-order chi connectivity index (χ1) is 13.8. The number of alkyl carbamates (subject to hydrolysis) is 1. The van der Waals surface area contributed by atoms with Crippen molar-refractivity contribution in [3.8, 4) is 5.75 Å². The van der Waals surface area contributed by atoms with E-state index in [1.807, 2.05) is 0 Å². The Morgan fingerprint density at radius 3 is 2.38 bits per heavy atom. The fourth-order valence-electron chi connectivity index (χ4n) is 2.58. The number of nitrogens with one attached hydrogen (secondary N) is 1. The molecule has 1 unspecified atom stereocenters. The summed E-state index contributed by atoms with van der Waals surface area (Å²) >= 11 is 0. The standard InChI is InChI=1S/C21H32N2O6/c1-5-6-14-27-28-15-26-17-10-8-16(9-11-17)18(19(24)23-12-7-13-23)22-20(25)29-21(2,3)4/h8-11,18H,5-7,12-15H2,1-4H3,(H,22,25). The van der Waals surface area contributed by atoms with E-state index in [-0.39, 0.29) is 12.7 Å². The minimum atomic E-state index is -0.812. The van der Waals surface area contributed by atoms with E-state index in [4.69, 9.17) is 19.2 Å². The lowest BCUT2D eigenvalue weighted by Crippen LogP contribution is -2.49. The van der Waals surface area contributed by atoms with Crippen molar-refractivity contribution in [2.24, 2.45) is 0 Å². The molecule has 0 radical (unpaired) electrons. The second-order valence-electron chi connectivity index (χ2n) is 7.88. The van der Waals surface area contributed by atoms with Crippen LogP contribution < -0.4 is 10.1 Å². The number of hydrogen-bond acceptors (Lipinski definition) is 6. The van der Waals surface area contributed by atoms with Gasteiger partial charge in [0, 0.05) is 13.1 Å². The summed E-state index contributed by atoms with van der Waals surface area (Å²) in [5, 5.41) is 2.69. The fraction of sp³-hybridized carbons (Fsp3) is 0.619. The fourth-order valence-corrected chi connectivity index (χ4v) is 2.58. The van der Waals surface area contributed by atoms with Crippen molar-refractivity contribution < 1.29 is 28.8 Å². The number of amides is 2. The maximum absolute atomic E-state index is 12.8. The predicted octanol–water partition coefficient (Wildman–Crippen LogP) is 3.57. The molecule has 2 amide bonds. The van der Waals surface area contributed by atoms with E-state index >= 15 is 0 Å². The van der Waals surface area contributed by atoms with Gasteiger partial charge in [0.25, 0.3) is 0 Å². The molecule has 1 aromatic rings. The van der Waals surface area contributed by atoms with Crippen LogP contribution in [0.15, 0.2) is 24.3 Å². The molecule has 1 heterocycles. The first kappa shape index (κ1) is 23.0. The Hall–Kier alpha value is -2.32. The molecular formula is C21H32N2O6. The van der Waals surface area contributed by atoms with E-state index in [2.05, 4.69) is 12.2 Å². The third-order valence-corrected chi connectivity index (χ3v) is 4.23. The molecule has 8 heteroatoms. The van der Waals surface area contributed by atoms with Gasteiger partial charge in [0.2, 0.25) is 12.7 Å². The second kappa shape index (κ2) is 11.0. The van der Waals surface area contributed by atoms with Gasteiger partial charge in [-0.2, -0.15) is 4.89 Å². The first-order valence-corrected chi connectivity index (χ1v) is 10.1. The van der Waals surface area contributed by atoms with E-state index < -0.39 is 17.7 Å². The lowest BCUT2D eigenvalue weighted by molar-refractivity contribution is -0.323. The Balaban J connectivity index is 1.96. The van der Waals surface area contributed by atoms with Crippen LogP contribution in [0, 0.1) is 0 Å². The van der Waals surface area contributed by atoms with Crippen molar-refractivity contribution in [3.63, 3.8) is 0 Å². The molecule has 0 bridgehead atoms. The average Bonchev–Trinajstić information content (AvgIpc) is 2.60. The molecule has 1 aromatic carbocycles. The van der Waals surface area contributed by atoms with Gasteiger partial charge in [0.1, 0.15) is 17.4 Å². The van der Waals surface area contributed by atoms with Crippen LogP contribution in [0.2, 0.25) is 0 Å². The zero-order valence-corrected chi connectivity index (χ0v) is 17.7. The molecule has 1 fully saturated rings. The minimum absolute atomic E-state index is 0.0324. The molecule has 1 atom stereocenters. The summed E-state index contributed by atoms with van der Waals surface area (Å²) in [5.74, 6) is 0.420. The Morgan fingerprint density at radius 2 is 1.83 bits per heavy atom. The van der Waals surface area contributed by atoms with Crippen LogP contribution in [0.1, 0.15) is 58.6 Å². The van der Waals surface area contributed by atoms with Crippen molar-refractivity contribution in [2.45, 2.75) is 58.6 Å². The number of hydrogen-bond donors (Lipinski definition) is 1. The quantitative estimate of drug-likeness (QED) is 0.276. The number of carbonyl (C=O) groups excluding carboxylic acids is 2. The number of rotatable bonds is 10. The Morgan fingerprint density at radius 1 is 1.14 bits per heavy atom. The normalized spacial score (nSPS) is 14.7. The minimum Gasteiger partial charge on any atom is -0.465 e. The molecule has 1 aliphatic heterocycles. The summed E-state index contributed by atoms with van der Waals surface area (Å²) in [7, 11) is 0. The van der Waals surface area contributed by atoms with E-state index in [1.165, 1.54) is 0 Å². The molecule has 0 aromatic heterocycles. The summed E-state index contributed by atoms with van der Waals surface area (Å²) in [6, 6.07) is 6.11. The van der Waals surface area contributed by atoms with E-state index in [1.54, 1.807) is 49.9 Å². The highest BCUT2D eigenvalue weighted by Crippen LogP contribution is 2.23. The number of benzene rings is 1. The lowest BCUT2D eigenvalue weighted by Gasteiger charge is -2.34. The summed E-state index contributed by atoms with van der Waals surface area (Å²) in [6.07, 6.45) is 2.29. The van der Waals surface area contributed by atoms with Crippen molar-refractivity contribution in [1.82, 2.24) is 10.2 Å². The Labute approximate surface area is 172 Å². The Bertz CT molecular complexity index is 652. The topological polar surface area (TPSA) is 86.3 Å². The van der Waals surface area contributed by atoms with Crippen LogP contribution in [0.3, 0.4) is 0 Å². The lowest BCUT2D eigenvalue weighted by atomic mass is 10.0. The molecular weight excluding hydrogens is 376 g/mol. The number of unbranched alkanes of at least 4 members (excludes halogenated alkanes) is 1. The molecule has 0 spiro atoms. The average molecular weight is 408 g/mol. The zero-order chi connectivity index (χ0) is 21.3. The van der Waals surface area contributed by atoms with Crippen molar-refractivity contribution >= 4 is 12.0 Å². The SMILES string of the molecule is CCCCOOCOc1ccc(C(NC(=O)OC(C)(C)C)C(=O)N2CCC2)cc1. The second-order valence-corrected chi connectivity index (χ2v) is 7.88. The first-order valence-electron chi connectivity index (χ1n) is 10.1. The zero-order valence-electron chi connectivity index (χ0n) is 17.7. The summed E-state index contributed by atoms with van der Waals surface area (Å²) in [6.45, 7) is 9.28. The van der Waals surface area contributed by atoms with Gasteiger partial charge in [0.05, 0.1) is 6.61 Å². The van der Waals surface area contributed by atoms with Gasteiger partial charge < -0.3 is 19.7 Å². The molecule has 162 valence electrons. The van der Waals surface area contributed by atoms with Crippen LogP contribution in [0.25, 0.3) is 0 Å². The van der Waals surface area contributed by atoms with E-state index in [0.717, 1.165) is 19.3 Å². The maximum atomic E-state index is 12.8. The highest BCUT2D eigenvalue weighted by Gasteiger charge is 2.31. The molecule has 2 rings (SSSR count). The third-order valence-electron chi connectivity index (χ3n) is 4.23. The van der Waals surface area contributed by atoms with Gasteiger partial charge >= 0.3 is 6.09 Å². The van der Waals surface area contributed by atoms with Gasteiger partial charge in [-0.25, -0.2) is 9.68 Å². The van der Waals surface area contributed by atoms with E-state index in [0.29, 0.717) is 31.0 Å². The van der Waals surface area contributed by atoms with Gasteiger partial charge in [-0.05, 0) is 51.3 Å². The number of carbonyl (C=O) groups is 2. The summed E-state index contributed by atoms with van der Waals surface area (Å²) in [5.41, 5.74) is 0.00550. The smallest absolute Gasteiger partial charge is 0.408 e. The maximum Gasteiger partial charge on any atom is 0.408 e. The molecule has 0 saturated carbocycles. The van der Waals surface area contributed by atoms with E-state index in [9.17, 15) is 9.59 Å². The van der Waals surface area contributed by atoms with Crippen LogP contribution >= 0.6 is 0 Å². The van der Waals surface area contributed by atoms with Gasteiger partial charge in [0.15, 0.2) is 0 Å². The molecule has 1 aliphatic rings. The molecule has 8 nitrogen and oxygen atoms in total. The highest BCUT2D eigenvalue weighted by atomic mass is 17.2. The van der Waals surface area contributed by atoms with Crippen LogP contribution in [-0.2, 0) is 19.3 Å². The van der Waals surface area contributed by atoms with Crippen LogP contribution in [-0.4, -0.2) is 49.0 Å². The molecule has 29 heavy (non-hydrogen) atoms. The number of likely N-dealkylation sites (tertiary alicyclic amines) is 1. The van der Waals surface area contributed by atoms with Crippen molar-refractivity contribution in [1.29, 1.82) is 0 Å². The Kier molecular flexibility index (Phi) is 8.72. The van der Waals surface area contributed by atoms with Crippen LogP contribution in [0.4, 0.5) is 4.79 Å². The largest absolute Gasteiger partial charge is 0.465 e. The monoisotopic (exact) mass is 408 g/mol. The number of ether oxygens (including phenoxy) is 2. The molecule has 1 N–H and O–H groups in total. The van der Waals surface area contributed by atoms with Crippen molar-refractivity contribution in [2.75, 3.05) is 26.5 Å². The summed E-state index contributed by atoms with van der Waals surface area (Å²) in [4.78, 5) is 36.7.